The summed E-state index contributed by atoms with van der Waals surface area (Å²) in [5.41, 5.74) is 2.00. The molecular weight excluding hydrogens is 290 g/mol. The van der Waals surface area contributed by atoms with E-state index in [1.165, 1.54) is 0 Å². The van der Waals surface area contributed by atoms with Crippen molar-refractivity contribution in [2.45, 2.75) is 0 Å². The predicted octanol–water partition coefficient (Wildman–Crippen LogP) is 2.77. The van der Waals surface area contributed by atoms with Crippen LogP contribution in [0, 0.1) is 0 Å². The van der Waals surface area contributed by atoms with Crippen molar-refractivity contribution in [3.8, 4) is 11.3 Å². The normalized spacial score (nSPS) is 10.3. The van der Waals surface area contributed by atoms with Gasteiger partial charge in [-0.2, -0.15) is 15.4 Å². The molecule has 7 heteroatoms. The van der Waals surface area contributed by atoms with Crippen LogP contribution >= 0.6 is 11.6 Å². The van der Waals surface area contributed by atoms with Crippen LogP contribution in [-0.4, -0.2) is 26.3 Å². The number of hydrogen-bond donors (Lipinski definition) is 2. The Hall–Kier alpha value is -2.73. The Morgan fingerprint density at radius 1 is 1.14 bits per heavy atom. The van der Waals surface area contributed by atoms with Crippen molar-refractivity contribution in [3.05, 3.63) is 59.5 Å². The molecule has 0 aliphatic carbocycles. The summed E-state index contributed by atoms with van der Waals surface area (Å²) in [6, 6.07) is 10.5. The molecule has 6 nitrogen and oxygen atoms in total. The largest absolute Gasteiger partial charge is 0.320 e. The number of halogens is 1. The third-order valence-corrected chi connectivity index (χ3v) is 3.03. The van der Waals surface area contributed by atoms with Gasteiger partial charge in [-0.25, -0.2) is 0 Å². The summed E-state index contributed by atoms with van der Waals surface area (Å²) in [6.45, 7) is 0. The Balaban J connectivity index is 1.90. The first-order chi connectivity index (χ1) is 10.2. The van der Waals surface area contributed by atoms with Gasteiger partial charge in [-0.3, -0.25) is 9.78 Å². The number of carbonyl (C=O) groups is 1. The molecule has 1 aromatic carbocycles. The molecular formula is C14H10ClN5O. The molecule has 1 amide bonds. The van der Waals surface area contributed by atoms with Crippen molar-refractivity contribution >= 4 is 23.2 Å². The molecule has 0 spiro atoms. The Morgan fingerprint density at radius 3 is 2.71 bits per heavy atom. The van der Waals surface area contributed by atoms with E-state index in [-0.39, 0.29) is 11.6 Å². The number of H-pyrrole nitrogens is 1. The van der Waals surface area contributed by atoms with Gasteiger partial charge in [-0.05, 0) is 24.3 Å². The molecule has 0 unspecified atom stereocenters. The fourth-order valence-electron chi connectivity index (χ4n) is 1.85. The quantitative estimate of drug-likeness (QED) is 0.779. The molecule has 21 heavy (non-hydrogen) atoms. The standard InChI is InChI=1S/C14H10ClN5O/c15-10-3-1-2-9(8-10)12-13(19-20-18-12)14(21)17-11-4-6-16-7-5-11/h1-8H,(H,16,17,21)(H,18,19,20). The molecule has 0 aliphatic heterocycles. The van der Waals surface area contributed by atoms with Gasteiger partial charge in [-0.15, -0.1) is 0 Å². The van der Waals surface area contributed by atoms with Crippen LogP contribution in [0.2, 0.25) is 5.02 Å². The van der Waals surface area contributed by atoms with E-state index < -0.39 is 0 Å². The van der Waals surface area contributed by atoms with Gasteiger partial charge in [0.05, 0.1) is 0 Å². The molecule has 0 saturated carbocycles. The zero-order chi connectivity index (χ0) is 14.7. The number of rotatable bonds is 3. The number of nitrogens with zero attached hydrogens (tertiary/aromatic N) is 3. The molecule has 3 rings (SSSR count). The molecule has 2 heterocycles. The Morgan fingerprint density at radius 2 is 1.95 bits per heavy atom. The predicted molar refractivity (Wildman–Crippen MR) is 79.0 cm³/mol. The van der Waals surface area contributed by atoms with E-state index in [2.05, 4.69) is 25.7 Å². The van der Waals surface area contributed by atoms with E-state index in [1.54, 1.807) is 42.7 Å². The maximum atomic E-state index is 12.3. The minimum absolute atomic E-state index is 0.203. The maximum absolute atomic E-state index is 12.3. The first-order valence-electron chi connectivity index (χ1n) is 6.12. The summed E-state index contributed by atoms with van der Waals surface area (Å²) in [6.07, 6.45) is 3.19. The van der Waals surface area contributed by atoms with Crippen LogP contribution in [0.1, 0.15) is 10.5 Å². The fraction of sp³-hybridized carbons (Fsp3) is 0. The second kappa shape index (κ2) is 5.72. The van der Waals surface area contributed by atoms with E-state index in [9.17, 15) is 4.79 Å². The average molecular weight is 300 g/mol. The highest BCUT2D eigenvalue weighted by Crippen LogP contribution is 2.23. The SMILES string of the molecule is O=C(Nc1ccncc1)c1n[nH]nc1-c1cccc(Cl)c1. The van der Waals surface area contributed by atoms with Crippen LogP contribution in [0.25, 0.3) is 11.3 Å². The monoisotopic (exact) mass is 299 g/mol. The van der Waals surface area contributed by atoms with Crippen molar-refractivity contribution in [2.75, 3.05) is 5.32 Å². The highest BCUT2D eigenvalue weighted by molar-refractivity contribution is 6.30. The molecule has 0 bridgehead atoms. The number of anilines is 1. The van der Waals surface area contributed by atoms with Crippen molar-refractivity contribution < 1.29 is 4.79 Å². The van der Waals surface area contributed by atoms with Gasteiger partial charge in [0.25, 0.3) is 5.91 Å². The molecule has 104 valence electrons. The number of pyridine rings is 1. The van der Waals surface area contributed by atoms with Crippen LogP contribution in [0.15, 0.2) is 48.8 Å². The van der Waals surface area contributed by atoms with Crippen LogP contribution in [0.5, 0.6) is 0 Å². The van der Waals surface area contributed by atoms with E-state index in [4.69, 9.17) is 11.6 Å². The number of aromatic nitrogens is 4. The lowest BCUT2D eigenvalue weighted by Gasteiger charge is -2.04. The average Bonchev–Trinajstić information content (AvgIpc) is 2.98. The Bertz CT molecular complexity index is 772. The van der Waals surface area contributed by atoms with Crippen LogP contribution < -0.4 is 5.32 Å². The molecule has 0 aliphatic rings. The smallest absolute Gasteiger partial charge is 0.278 e. The van der Waals surface area contributed by atoms with E-state index in [0.29, 0.717) is 16.4 Å². The zero-order valence-corrected chi connectivity index (χ0v) is 11.5. The Kier molecular flexibility index (Phi) is 3.61. The molecule has 2 aromatic heterocycles. The number of benzene rings is 1. The molecule has 0 fully saturated rings. The van der Waals surface area contributed by atoms with Crippen LogP contribution in [-0.2, 0) is 0 Å². The third-order valence-electron chi connectivity index (χ3n) is 2.80. The summed E-state index contributed by atoms with van der Waals surface area (Å²) >= 11 is 5.96. The Labute approximate surface area is 125 Å². The highest BCUT2D eigenvalue weighted by atomic mass is 35.5. The number of amides is 1. The summed E-state index contributed by atoms with van der Waals surface area (Å²) in [5.74, 6) is -0.357. The third kappa shape index (κ3) is 2.90. The van der Waals surface area contributed by atoms with Gasteiger partial charge in [0, 0.05) is 28.7 Å². The summed E-state index contributed by atoms with van der Waals surface area (Å²) < 4.78 is 0. The maximum Gasteiger partial charge on any atom is 0.278 e. The topological polar surface area (TPSA) is 83.6 Å². The van der Waals surface area contributed by atoms with Gasteiger partial charge in [-0.1, -0.05) is 23.7 Å². The zero-order valence-electron chi connectivity index (χ0n) is 10.7. The van der Waals surface area contributed by atoms with E-state index in [0.717, 1.165) is 5.56 Å². The second-order valence-electron chi connectivity index (χ2n) is 4.22. The molecule has 2 N–H and O–H groups in total. The second-order valence-corrected chi connectivity index (χ2v) is 4.66. The van der Waals surface area contributed by atoms with E-state index >= 15 is 0 Å². The van der Waals surface area contributed by atoms with Crippen molar-refractivity contribution in [1.29, 1.82) is 0 Å². The lowest BCUT2D eigenvalue weighted by Crippen LogP contribution is -2.13. The number of carbonyl (C=O) groups excluding carboxylic acids is 1. The molecule has 3 aromatic rings. The summed E-state index contributed by atoms with van der Waals surface area (Å²) in [7, 11) is 0. The first-order valence-corrected chi connectivity index (χ1v) is 6.50. The summed E-state index contributed by atoms with van der Waals surface area (Å²) in [5, 5.41) is 13.7. The minimum Gasteiger partial charge on any atom is -0.320 e. The lowest BCUT2D eigenvalue weighted by atomic mass is 10.1. The van der Waals surface area contributed by atoms with Crippen LogP contribution in [0.3, 0.4) is 0 Å². The first kappa shape index (κ1) is 13.3. The van der Waals surface area contributed by atoms with Gasteiger partial charge in [0.1, 0.15) is 5.69 Å². The summed E-state index contributed by atoms with van der Waals surface area (Å²) in [4.78, 5) is 16.2. The fourth-order valence-corrected chi connectivity index (χ4v) is 2.04. The van der Waals surface area contributed by atoms with E-state index in [1.807, 2.05) is 6.07 Å². The van der Waals surface area contributed by atoms with Gasteiger partial charge in [0.2, 0.25) is 0 Å². The van der Waals surface area contributed by atoms with Gasteiger partial charge in [0.15, 0.2) is 5.69 Å². The van der Waals surface area contributed by atoms with Crippen molar-refractivity contribution in [1.82, 2.24) is 20.4 Å². The molecule has 0 atom stereocenters. The van der Waals surface area contributed by atoms with Crippen molar-refractivity contribution in [2.24, 2.45) is 0 Å². The van der Waals surface area contributed by atoms with Gasteiger partial charge < -0.3 is 5.32 Å². The molecule has 0 saturated heterocycles. The number of aromatic amines is 1. The number of nitrogens with one attached hydrogen (secondary N) is 2. The molecule has 0 radical (unpaired) electrons. The van der Waals surface area contributed by atoms with Crippen LogP contribution in [0.4, 0.5) is 5.69 Å². The minimum atomic E-state index is -0.357. The van der Waals surface area contributed by atoms with Gasteiger partial charge >= 0.3 is 0 Å². The highest BCUT2D eigenvalue weighted by Gasteiger charge is 2.18. The lowest BCUT2D eigenvalue weighted by molar-refractivity contribution is 0.102. The number of hydrogen-bond acceptors (Lipinski definition) is 4. The van der Waals surface area contributed by atoms with Crippen molar-refractivity contribution in [3.63, 3.8) is 0 Å².